The number of nitrogens with two attached hydrogens (primary N) is 1. The molecule has 110 valence electrons. The lowest BCUT2D eigenvalue weighted by molar-refractivity contribution is -0.140. The number of carboxylic acids is 1. The second kappa shape index (κ2) is 6.21. The van der Waals surface area contributed by atoms with Gasteiger partial charge in [-0.15, -0.1) is 0 Å². The van der Waals surface area contributed by atoms with Crippen molar-refractivity contribution in [3.63, 3.8) is 0 Å². The zero-order valence-electron chi connectivity index (χ0n) is 10.5. The van der Waals surface area contributed by atoms with Gasteiger partial charge in [0.05, 0.1) is 11.4 Å². The number of primary amides is 1. The fraction of sp³-hybridized carbons (Fsp3) is 0.273. The SMILES string of the molecule is Cc1cccc(Cl)c1S(=O)(=O)N[C@H](CC(N)=O)C(=O)O. The van der Waals surface area contributed by atoms with Gasteiger partial charge in [-0.2, -0.15) is 4.72 Å². The number of carbonyl (C=O) groups is 2. The van der Waals surface area contributed by atoms with E-state index in [2.05, 4.69) is 0 Å². The number of hydrogen-bond acceptors (Lipinski definition) is 4. The van der Waals surface area contributed by atoms with Crippen molar-refractivity contribution < 1.29 is 23.1 Å². The van der Waals surface area contributed by atoms with E-state index < -0.39 is 34.4 Å². The van der Waals surface area contributed by atoms with Gasteiger partial charge in [0.15, 0.2) is 0 Å². The number of sulfonamides is 1. The number of rotatable bonds is 6. The summed E-state index contributed by atoms with van der Waals surface area (Å²) in [5.41, 5.74) is 5.24. The molecule has 0 saturated carbocycles. The first-order valence-corrected chi connectivity index (χ1v) is 7.30. The van der Waals surface area contributed by atoms with Gasteiger partial charge >= 0.3 is 5.97 Å². The Kier molecular flexibility index (Phi) is 5.09. The van der Waals surface area contributed by atoms with E-state index in [4.69, 9.17) is 22.4 Å². The molecule has 1 aromatic carbocycles. The normalized spacial score (nSPS) is 12.9. The van der Waals surface area contributed by atoms with E-state index in [0.29, 0.717) is 5.56 Å². The van der Waals surface area contributed by atoms with Crippen LogP contribution in [0.1, 0.15) is 12.0 Å². The Morgan fingerprint density at radius 2 is 2.05 bits per heavy atom. The van der Waals surface area contributed by atoms with E-state index in [9.17, 15) is 18.0 Å². The van der Waals surface area contributed by atoms with Crippen LogP contribution in [0.5, 0.6) is 0 Å². The van der Waals surface area contributed by atoms with E-state index in [1.165, 1.54) is 19.1 Å². The molecule has 0 spiro atoms. The molecule has 1 aromatic rings. The smallest absolute Gasteiger partial charge is 0.322 e. The molecular weight excluding hydrogens is 308 g/mol. The van der Waals surface area contributed by atoms with E-state index in [1.54, 1.807) is 6.07 Å². The quantitative estimate of drug-likeness (QED) is 0.692. The third kappa shape index (κ3) is 3.92. The Labute approximate surface area is 120 Å². The number of aryl methyl sites for hydroxylation is 1. The first-order valence-electron chi connectivity index (χ1n) is 5.43. The van der Waals surface area contributed by atoms with Crippen molar-refractivity contribution in [2.24, 2.45) is 5.73 Å². The van der Waals surface area contributed by atoms with Crippen LogP contribution >= 0.6 is 11.6 Å². The first-order chi connectivity index (χ1) is 9.15. The van der Waals surface area contributed by atoms with Gasteiger partial charge in [0.25, 0.3) is 0 Å². The lowest BCUT2D eigenvalue weighted by atomic mass is 10.2. The van der Waals surface area contributed by atoms with Crippen molar-refractivity contribution >= 4 is 33.5 Å². The van der Waals surface area contributed by atoms with E-state index in [1.807, 2.05) is 4.72 Å². The molecule has 0 aliphatic rings. The van der Waals surface area contributed by atoms with E-state index in [0.717, 1.165) is 0 Å². The van der Waals surface area contributed by atoms with Gasteiger partial charge < -0.3 is 10.8 Å². The second-order valence-electron chi connectivity index (χ2n) is 4.07. The number of hydrogen-bond donors (Lipinski definition) is 3. The van der Waals surface area contributed by atoms with Crippen LogP contribution in [0.2, 0.25) is 5.02 Å². The van der Waals surface area contributed by atoms with Gasteiger partial charge in [-0.25, -0.2) is 8.42 Å². The highest BCUT2D eigenvalue weighted by atomic mass is 35.5. The average molecular weight is 321 g/mol. The molecule has 1 rings (SSSR count). The summed E-state index contributed by atoms with van der Waals surface area (Å²) in [6.07, 6.45) is -0.655. The highest BCUT2D eigenvalue weighted by Crippen LogP contribution is 2.24. The lowest BCUT2D eigenvalue weighted by Crippen LogP contribution is -2.43. The van der Waals surface area contributed by atoms with Gasteiger partial charge in [-0.05, 0) is 18.6 Å². The maximum absolute atomic E-state index is 12.2. The molecule has 0 bridgehead atoms. The van der Waals surface area contributed by atoms with Gasteiger partial charge in [-0.1, -0.05) is 23.7 Å². The minimum absolute atomic E-state index is 0.0410. The molecule has 0 aliphatic carbocycles. The Morgan fingerprint density at radius 1 is 1.45 bits per heavy atom. The molecule has 20 heavy (non-hydrogen) atoms. The summed E-state index contributed by atoms with van der Waals surface area (Å²) in [7, 11) is -4.18. The highest BCUT2D eigenvalue weighted by Gasteiger charge is 2.29. The number of carbonyl (C=O) groups excluding carboxylic acids is 1. The van der Waals surface area contributed by atoms with Crippen molar-refractivity contribution in [1.82, 2.24) is 4.72 Å². The topological polar surface area (TPSA) is 127 Å². The van der Waals surface area contributed by atoms with Crippen LogP contribution in [-0.4, -0.2) is 31.4 Å². The molecule has 0 saturated heterocycles. The molecule has 9 heteroatoms. The molecule has 0 radical (unpaired) electrons. The van der Waals surface area contributed by atoms with Crippen molar-refractivity contribution in [2.75, 3.05) is 0 Å². The lowest BCUT2D eigenvalue weighted by Gasteiger charge is -2.15. The third-order valence-electron chi connectivity index (χ3n) is 2.43. The minimum Gasteiger partial charge on any atom is -0.480 e. The summed E-state index contributed by atoms with van der Waals surface area (Å²) in [4.78, 5) is 21.5. The fourth-order valence-electron chi connectivity index (χ4n) is 1.58. The molecule has 4 N–H and O–H groups in total. The van der Waals surface area contributed by atoms with Crippen LogP contribution < -0.4 is 10.5 Å². The first kappa shape index (κ1) is 16.4. The molecule has 0 heterocycles. The Hall–Kier alpha value is -1.64. The third-order valence-corrected chi connectivity index (χ3v) is 4.53. The zero-order valence-corrected chi connectivity index (χ0v) is 12.0. The van der Waals surface area contributed by atoms with Gasteiger partial charge in [0.2, 0.25) is 15.9 Å². The number of aliphatic carboxylic acids is 1. The number of amides is 1. The summed E-state index contributed by atoms with van der Waals surface area (Å²) in [5.74, 6) is -2.44. The van der Waals surface area contributed by atoms with Crippen molar-refractivity contribution in [3.8, 4) is 0 Å². The average Bonchev–Trinajstić information content (AvgIpc) is 2.26. The summed E-state index contributed by atoms with van der Waals surface area (Å²) < 4.78 is 26.2. The van der Waals surface area contributed by atoms with Crippen LogP contribution in [0.15, 0.2) is 23.1 Å². The fourth-order valence-corrected chi connectivity index (χ4v) is 3.60. The van der Waals surface area contributed by atoms with Crippen LogP contribution in [0.25, 0.3) is 0 Å². The van der Waals surface area contributed by atoms with Gasteiger partial charge in [0.1, 0.15) is 10.9 Å². The Balaban J connectivity index is 3.17. The Morgan fingerprint density at radius 3 is 2.50 bits per heavy atom. The maximum atomic E-state index is 12.2. The van der Waals surface area contributed by atoms with Crippen molar-refractivity contribution in [2.45, 2.75) is 24.3 Å². The van der Waals surface area contributed by atoms with Crippen molar-refractivity contribution in [3.05, 3.63) is 28.8 Å². The number of carboxylic acid groups (broad SMARTS) is 1. The van der Waals surface area contributed by atoms with Crippen molar-refractivity contribution in [1.29, 1.82) is 0 Å². The maximum Gasteiger partial charge on any atom is 0.322 e. The molecular formula is C11H13ClN2O5S. The van der Waals surface area contributed by atoms with E-state index in [-0.39, 0.29) is 9.92 Å². The molecule has 0 aliphatic heterocycles. The summed E-state index contributed by atoms with van der Waals surface area (Å²) in [5, 5.41) is 8.86. The van der Waals surface area contributed by atoms with Gasteiger partial charge in [-0.3, -0.25) is 9.59 Å². The standard InChI is InChI=1S/C11H13ClN2O5S/c1-6-3-2-4-7(12)10(6)20(18,19)14-8(11(16)17)5-9(13)15/h2-4,8,14H,5H2,1H3,(H2,13,15)(H,16,17)/t8-/m1/s1. The predicted octanol–water partition coefficient (Wildman–Crippen LogP) is 0.255. The van der Waals surface area contributed by atoms with Crippen LogP contribution in [0.3, 0.4) is 0 Å². The summed E-state index contributed by atoms with van der Waals surface area (Å²) >= 11 is 5.82. The van der Waals surface area contributed by atoms with Crippen LogP contribution in [0, 0.1) is 6.92 Å². The Bertz CT molecular complexity index is 624. The molecule has 1 atom stereocenters. The van der Waals surface area contributed by atoms with E-state index >= 15 is 0 Å². The summed E-state index contributed by atoms with van der Waals surface area (Å²) in [6.45, 7) is 1.52. The molecule has 0 fully saturated rings. The zero-order chi connectivity index (χ0) is 15.5. The summed E-state index contributed by atoms with van der Waals surface area (Å²) in [6, 6.07) is 2.81. The minimum atomic E-state index is -4.18. The monoisotopic (exact) mass is 320 g/mol. The molecule has 0 unspecified atom stereocenters. The number of halogens is 1. The van der Waals surface area contributed by atoms with Crippen LogP contribution in [0.4, 0.5) is 0 Å². The second-order valence-corrected chi connectivity index (χ2v) is 6.13. The number of benzene rings is 1. The molecule has 0 aromatic heterocycles. The largest absolute Gasteiger partial charge is 0.480 e. The van der Waals surface area contributed by atoms with Gasteiger partial charge in [0, 0.05) is 0 Å². The van der Waals surface area contributed by atoms with Crippen LogP contribution in [-0.2, 0) is 19.6 Å². The molecule has 1 amide bonds. The predicted molar refractivity (Wildman–Crippen MR) is 71.7 cm³/mol. The highest BCUT2D eigenvalue weighted by molar-refractivity contribution is 7.89. The number of nitrogens with one attached hydrogen (secondary N) is 1. The molecule has 7 nitrogen and oxygen atoms in total.